The SMILES string of the molecule is C=C(CC(C)(C)C)N1C[C@@H]2Cc3ccccc3N2C(=C)c2cc(C)ccc21. The second kappa shape index (κ2) is 6.30. The molecule has 2 aromatic rings. The Bertz CT molecular complexity index is 916. The van der Waals surface area contributed by atoms with Crippen LogP contribution in [-0.2, 0) is 6.42 Å². The van der Waals surface area contributed by atoms with Gasteiger partial charge in [-0.25, -0.2) is 0 Å². The van der Waals surface area contributed by atoms with Gasteiger partial charge in [-0.1, -0.05) is 63.8 Å². The van der Waals surface area contributed by atoms with Crippen LogP contribution >= 0.6 is 0 Å². The first-order valence-electron chi connectivity index (χ1n) is 9.87. The third kappa shape index (κ3) is 3.18. The Kier molecular flexibility index (Phi) is 4.18. The molecule has 2 aliphatic heterocycles. The Morgan fingerprint density at radius 2 is 1.85 bits per heavy atom. The maximum atomic E-state index is 4.54. The van der Waals surface area contributed by atoms with Crippen molar-refractivity contribution in [3.63, 3.8) is 0 Å². The molecule has 140 valence electrons. The van der Waals surface area contributed by atoms with Gasteiger partial charge in [0, 0.05) is 29.2 Å². The Hall–Kier alpha value is -2.48. The summed E-state index contributed by atoms with van der Waals surface area (Å²) in [4.78, 5) is 4.90. The van der Waals surface area contributed by atoms with Crippen LogP contribution in [0.25, 0.3) is 5.70 Å². The van der Waals surface area contributed by atoms with Crippen molar-refractivity contribution in [2.45, 2.75) is 46.6 Å². The summed E-state index contributed by atoms with van der Waals surface area (Å²) in [5, 5.41) is 0. The van der Waals surface area contributed by atoms with E-state index in [2.05, 4.69) is 93.1 Å². The summed E-state index contributed by atoms with van der Waals surface area (Å²) < 4.78 is 0. The highest BCUT2D eigenvalue weighted by Crippen LogP contribution is 2.44. The molecule has 0 radical (unpaired) electrons. The highest BCUT2D eigenvalue weighted by molar-refractivity contribution is 5.89. The van der Waals surface area contributed by atoms with Crippen molar-refractivity contribution in [1.29, 1.82) is 0 Å². The first-order chi connectivity index (χ1) is 12.7. The summed E-state index contributed by atoms with van der Waals surface area (Å²) in [6, 6.07) is 15.9. The lowest BCUT2D eigenvalue weighted by Gasteiger charge is -2.33. The average molecular weight is 359 g/mol. The van der Waals surface area contributed by atoms with Crippen molar-refractivity contribution in [3.05, 3.63) is 78.0 Å². The molecule has 0 aromatic heterocycles. The number of rotatable bonds is 2. The molecular weight excluding hydrogens is 328 g/mol. The molecule has 0 unspecified atom stereocenters. The number of aryl methyl sites for hydroxylation is 1. The minimum absolute atomic E-state index is 0.212. The van der Waals surface area contributed by atoms with Crippen LogP contribution in [0.4, 0.5) is 11.4 Å². The molecular formula is C25H30N2. The molecule has 0 bridgehead atoms. The summed E-state index contributed by atoms with van der Waals surface area (Å²) >= 11 is 0. The largest absolute Gasteiger partial charge is 0.343 e. The molecule has 0 aliphatic carbocycles. The summed E-state index contributed by atoms with van der Waals surface area (Å²) in [5.74, 6) is 0. The summed E-state index contributed by atoms with van der Waals surface area (Å²) in [7, 11) is 0. The number of nitrogens with zero attached hydrogens (tertiary/aromatic N) is 2. The molecule has 0 saturated carbocycles. The standard InChI is InChI=1S/C25H30N2/c1-17-11-12-24-22(13-17)19(3)27-21(14-20-9-7-8-10-23(20)27)16-26(24)18(2)15-25(4,5)6/h7-13,21H,2-3,14-16H2,1,4-6H3/t21-/m0/s1. The third-order valence-electron chi connectivity index (χ3n) is 5.63. The lowest BCUT2D eigenvalue weighted by atomic mass is 9.90. The van der Waals surface area contributed by atoms with Gasteiger partial charge in [0.15, 0.2) is 0 Å². The van der Waals surface area contributed by atoms with E-state index in [1.165, 1.54) is 33.8 Å². The maximum Gasteiger partial charge on any atom is 0.0562 e. The molecule has 2 nitrogen and oxygen atoms in total. The number of hydrogen-bond donors (Lipinski definition) is 0. The van der Waals surface area contributed by atoms with E-state index in [4.69, 9.17) is 0 Å². The molecule has 27 heavy (non-hydrogen) atoms. The molecule has 4 rings (SSSR count). The first-order valence-corrected chi connectivity index (χ1v) is 9.87. The van der Waals surface area contributed by atoms with E-state index >= 15 is 0 Å². The van der Waals surface area contributed by atoms with Gasteiger partial charge in [-0.3, -0.25) is 0 Å². The fourth-order valence-electron chi connectivity index (χ4n) is 4.53. The zero-order valence-electron chi connectivity index (χ0n) is 17.0. The van der Waals surface area contributed by atoms with Crippen molar-refractivity contribution in [2.24, 2.45) is 5.41 Å². The predicted octanol–water partition coefficient (Wildman–Crippen LogP) is 6.17. The van der Waals surface area contributed by atoms with E-state index in [0.717, 1.165) is 25.1 Å². The quantitative estimate of drug-likeness (QED) is 0.633. The Morgan fingerprint density at radius 1 is 1.11 bits per heavy atom. The highest BCUT2D eigenvalue weighted by Gasteiger charge is 2.37. The number of hydrogen-bond acceptors (Lipinski definition) is 2. The van der Waals surface area contributed by atoms with Gasteiger partial charge in [-0.2, -0.15) is 0 Å². The predicted molar refractivity (Wildman–Crippen MR) is 117 cm³/mol. The number of anilines is 2. The van der Waals surface area contributed by atoms with Gasteiger partial charge < -0.3 is 9.80 Å². The molecule has 0 N–H and O–H groups in total. The second-order valence-corrected chi connectivity index (χ2v) is 9.24. The maximum absolute atomic E-state index is 4.54. The molecule has 0 fully saturated rings. The number of allylic oxidation sites excluding steroid dienone is 1. The number of para-hydroxylation sites is 1. The fraction of sp³-hybridized carbons (Fsp3) is 0.360. The summed E-state index contributed by atoms with van der Waals surface area (Å²) in [5.41, 5.74) is 8.97. The number of fused-ring (bicyclic) bond motifs is 4. The molecule has 2 aromatic carbocycles. The van der Waals surface area contributed by atoms with E-state index in [-0.39, 0.29) is 5.41 Å². The Balaban J connectivity index is 1.82. The second-order valence-electron chi connectivity index (χ2n) is 9.24. The van der Waals surface area contributed by atoms with Gasteiger partial charge in [0.25, 0.3) is 0 Å². The fourth-order valence-corrected chi connectivity index (χ4v) is 4.53. The molecule has 0 spiro atoms. The van der Waals surface area contributed by atoms with Gasteiger partial charge in [0.2, 0.25) is 0 Å². The Labute approximate surface area is 163 Å². The molecule has 0 amide bonds. The molecule has 2 heterocycles. The average Bonchev–Trinajstić information content (AvgIpc) is 2.90. The topological polar surface area (TPSA) is 6.48 Å². The lowest BCUT2D eigenvalue weighted by molar-refractivity contribution is 0.404. The van der Waals surface area contributed by atoms with Gasteiger partial charge in [0.1, 0.15) is 0 Å². The summed E-state index contributed by atoms with van der Waals surface area (Å²) in [6.45, 7) is 19.0. The smallest absolute Gasteiger partial charge is 0.0562 e. The highest BCUT2D eigenvalue weighted by atomic mass is 15.3. The van der Waals surface area contributed by atoms with Gasteiger partial charge in [-0.05, 0) is 48.9 Å². The van der Waals surface area contributed by atoms with E-state index in [9.17, 15) is 0 Å². The molecule has 2 aliphatic rings. The van der Waals surface area contributed by atoms with Crippen molar-refractivity contribution in [2.75, 3.05) is 16.3 Å². The van der Waals surface area contributed by atoms with Crippen LogP contribution in [0.2, 0.25) is 0 Å². The monoisotopic (exact) mass is 358 g/mol. The lowest BCUT2D eigenvalue weighted by Crippen LogP contribution is -2.39. The van der Waals surface area contributed by atoms with Crippen LogP contribution < -0.4 is 9.80 Å². The summed E-state index contributed by atoms with van der Waals surface area (Å²) in [6.07, 6.45) is 2.04. The zero-order valence-corrected chi connectivity index (χ0v) is 17.0. The van der Waals surface area contributed by atoms with E-state index in [1.807, 2.05) is 0 Å². The van der Waals surface area contributed by atoms with Gasteiger partial charge >= 0.3 is 0 Å². The normalized spacial score (nSPS) is 18.7. The molecule has 2 heteroatoms. The zero-order chi connectivity index (χ0) is 19.3. The van der Waals surface area contributed by atoms with E-state index in [0.29, 0.717) is 6.04 Å². The van der Waals surface area contributed by atoms with Crippen LogP contribution in [-0.4, -0.2) is 12.6 Å². The van der Waals surface area contributed by atoms with Gasteiger partial charge in [0.05, 0.1) is 11.7 Å². The Morgan fingerprint density at radius 3 is 2.59 bits per heavy atom. The van der Waals surface area contributed by atoms with Crippen molar-refractivity contribution in [3.8, 4) is 0 Å². The number of benzene rings is 2. The van der Waals surface area contributed by atoms with E-state index < -0.39 is 0 Å². The van der Waals surface area contributed by atoms with Crippen molar-refractivity contribution >= 4 is 17.1 Å². The van der Waals surface area contributed by atoms with Crippen LogP contribution in [0.15, 0.2) is 61.3 Å². The van der Waals surface area contributed by atoms with Crippen LogP contribution in [0.3, 0.4) is 0 Å². The minimum Gasteiger partial charge on any atom is -0.343 e. The van der Waals surface area contributed by atoms with Crippen LogP contribution in [0.5, 0.6) is 0 Å². The minimum atomic E-state index is 0.212. The van der Waals surface area contributed by atoms with Crippen LogP contribution in [0.1, 0.15) is 43.9 Å². The van der Waals surface area contributed by atoms with Crippen molar-refractivity contribution < 1.29 is 0 Å². The van der Waals surface area contributed by atoms with E-state index in [1.54, 1.807) is 0 Å². The van der Waals surface area contributed by atoms with Gasteiger partial charge in [-0.15, -0.1) is 0 Å². The van der Waals surface area contributed by atoms with Crippen LogP contribution in [0, 0.1) is 12.3 Å². The first kappa shape index (κ1) is 17.9. The third-order valence-corrected chi connectivity index (χ3v) is 5.63. The van der Waals surface area contributed by atoms with Crippen molar-refractivity contribution in [1.82, 2.24) is 0 Å². The molecule has 1 atom stereocenters. The molecule has 0 saturated heterocycles.